The van der Waals surface area contributed by atoms with Crippen LogP contribution in [0.3, 0.4) is 0 Å². The first kappa shape index (κ1) is 20.6. The van der Waals surface area contributed by atoms with Gasteiger partial charge in [-0.3, -0.25) is 4.72 Å². The predicted octanol–water partition coefficient (Wildman–Crippen LogP) is 3.67. The lowest BCUT2D eigenvalue weighted by molar-refractivity contribution is 0.0698. The van der Waals surface area contributed by atoms with E-state index in [1.54, 1.807) is 44.4 Å². The molecule has 0 amide bonds. The van der Waals surface area contributed by atoms with Gasteiger partial charge in [-0.2, -0.15) is 0 Å². The lowest BCUT2D eigenvalue weighted by Crippen LogP contribution is -2.16. The topological polar surface area (TPSA) is 102 Å². The number of anilines is 1. The van der Waals surface area contributed by atoms with Crippen molar-refractivity contribution in [1.82, 2.24) is 0 Å². The van der Waals surface area contributed by atoms with Gasteiger partial charge < -0.3 is 14.6 Å². The summed E-state index contributed by atoms with van der Waals surface area (Å²) in [5.41, 5.74) is 0.527. The highest BCUT2D eigenvalue weighted by molar-refractivity contribution is 7.92. The molecule has 0 saturated heterocycles. The van der Waals surface area contributed by atoms with Crippen molar-refractivity contribution in [2.24, 2.45) is 0 Å². The first-order valence-electron chi connectivity index (χ1n) is 8.83. The third-order valence-corrected chi connectivity index (χ3v) is 5.73. The standard InChI is InChI=1S/C21H21NO6S/c1-14-11-17(7-8-20(14)28-10-9-27-2)29(25,26)22-19-13-16-6-4-3-5-15(16)12-18(19)21(23)24/h3-8,11-13,22H,9-10H2,1-2H3,(H,23,24). The number of aromatic carboxylic acids is 1. The van der Waals surface area contributed by atoms with Crippen molar-refractivity contribution in [3.63, 3.8) is 0 Å². The van der Waals surface area contributed by atoms with Crippen LogP contribution in [0.4, 0.5) is 5.69 Å². The molecule has 3 aromatic carbocycles. The summed E-state index contributed by atoms with van der Waals surface area (Å²) in [7, 11) is -2.43. The summed E-state index contributed by atoms with van der Waals surface area (Å²) in [6, 6.07) is 14.6. The fraction of sp³-hybridized carbons (Fsp3) is 0.190. The first-order chi connectivity index (χ1) is 13.8. The fourth-order valence-corrected chi connectivity index (χ4v) is 4.05. The maximum atomic E-state index is 12.9. The van der Waals surface area contributed by atoms with E-state index in [-0.39, 0.29) is 16.1 Å². The molecular formula is C21H21NO6S. The van der Waals surface area contributed by atoms with Gasteiger partial charge in [0.1, 0.15) is 12.4 Å². The summed E-state index contributed by atoms with van der Waals surface area (Å²) in [5, 5.41) is 11.0. The molecule has 3 aromatic rings. The fourth-order valence-electron chi connectivity index (χ4n) is 2.89. The number of carbonyl (C=O) groups is 1. The number of hydrogen-bond acceptors (Lipinski definition) is 5. The number of fused-ring (bicyclic) bond motifs is 1. The summed E-state index contributed by atoms with van der Waals surface area (Å²) < 4.78 is 38.6. The third kappa shape index (κ3) is 4.67. The molecule has 0 fully saturated rings. The Morgan fingerprint density at radius 1 is 1.03 bits per heavy atom. The number of benzene rings is 3. The highest BCUT2D eigenvalue weighted by Gasteiger charge is 2.20. The quantitative estimate of drug-likeness (QED) is 0.544. The molecule has 0 heterocycles. The van der Waals surface area contributed by atoms with Gasteiger partial charge in [0.2, 0.25) is 0 Å². The van der Waals surface area contributed by atoms with Crippen molar-refractivity contribution < 1.29 is 27.8 Å². The van der Waals surface area contributed by atoms with Gasteiger partial charge >= 0.3 is 5.97 Å². The molecule has 0 bridgehead atoms. The second-order valence-corrected chi connectivity index (χ2v) is 8.11. The van der Waals surface area contributed by atoms with Gasteiger partial charge in [0.15, 0.2) is 0 Å². The van der Waals surface area contributed by atoms with Crippen molar-refractivity contribution in [3.05, 3.63) is 65.7 Å². The Balaban J connectivity index is 1.94. The van der Waals surface area contributed by atoms with Crippen LogP contribution >= 0.6 is 0 Å². The Bertz CT molecular complexity index is 1160. The molecule has 0 spiro atoms. The minimum Gasteiger partial charge on any atom is -0.491 e. The van der Waals surface area contributed by atoms with Crippen molar-refractivity contribution in [1.29, 1.82) is 0 Å². The van der Waals surface area contributed by atoms with Gasteiger partial charge in [0.05, 0.1) is 22.8 Å². The molecule has 2 N–H and O–H groups in total. The molecule has 7 nitrogen and oxygen atoms in total. The Morgan fingerprint density at radius 3 is 2.34 bits per heavy atom. The van der Waals surface area contributed by atoms with Gasteiger partial charge in [-0.25, -0.2) is 13.2 Å². The summed E-state index contributed by atoms with van der Waals surface area (Å²) in [6.07, 6.45) is 0. The summed E-state index contributed by atoms with van der Waals surface area (Å²) in [5.74, 6) is -0.663. The molecule has 0 aliphatic rings. The van der Waals surface area contributed by atoms with Crippen LogP contribution in [-0.2, 0) is 14.8 Å². The van der Waals surface area contributed by atoms with E-state index in [9.17, 15) is 18.3 Å². The van der Waals surface area contributed by atoms with E-state index in [0.717, 1.165) is 5.39 Å². The number of rotatable bonds is 8. The molecule has 0 unspecified atom stereocenters. The zero-order valence-corrected chi connectivity index (χ0v) is 16.8. The van der Waals surface area contributed by atoms with Crippen LogP contribution in [0.2, 0.25) is 0 Å². The van der Waals surface area contributed by atoms with E-state index < -0.39 is 16.0 Å². The Labute approximate surface area is 168 Å². The van der Waals surface area contributed by atoms with Crippen molar-refractivity contribution in [2.45, 2.75) is 11.8 Å². The Morgan fingerprint density at radius 2 is 1.72 bits per heavy atom. The Hall–Kier alpha value is -3.10. The van der Waals surface area contributed by atoms with Gasteiger partial charge in [-0.15, -0.1) is 0 Å². The van der Waals surface area contributed by atoms with Gasteiger partial charge in [0, 0.05) is 7.11 Å². The molecule has 8 heteroatoms. The number of aryl methyl sites for hydroxylation is 1. The number of sulfonamides is 1. The molecule has 152 valence electrons. The zero-order valence-electron chi connectivity index (χ0n) is 16.0. The molecule has 0 aliphatic carbocycles. The normalized spacial score (nSPS) is 11.4. The van der Waals surface area contributed by atoms with Crippen LogP contribution in [0.25, 0.3) is 10.8 Å². The van der Waals surface area contributed by atoms with Gasteiger partial charge in [0.25, 0.3) is 10.0 Å². The molecule has 0 aliphatic heterocycles. The molecular weight excluding hydrogens is 394 g/mol. The van der Waals surface area contributed by atoms with Crippen LogP contribution < -0.4 is 9.46 Å². The monoisotopic (exact) mass is 415 g/mol. The second-order valence-electron chi connectivity index (χ2n) is 6.42. The minimum absolute atomic E-state index is 0.00859. The SMILES string of the molecule is COCCOc1ccc(S(=O)(=O)Nc2cc3ccccc3cc2C(=O)O)cc1C. The minimum atomic E-state index is -4.00. The second kappa shape index (κ2) is 8.50. The van der Waals surface area contributed by atoms with Crippen molar-refractivity contribution >= 4 is 32.5 Å². The maximum Gasteiger partial charge on any atom is 0.337 e. The van der Waals surface area contributed by atoms with Crippen molar-refractivity contribution in [3.8, 4) is 5.75 Å². The Kier molecular flexibility index (Phi) is 6.05. The molecule has 3 rings (SSSR count). The molecule has 0 saturated carbocycles. The third-order valence-electron chi connectivity index (χ3n) is 4.36. The highest BCUT2D eigenvalue weighted by Crippen LogP contribution is 2.28. The summed E-state index contributed by atoms with van der Waals surface area (Å²) in [6.45, 7) is 2.50. The number of carboxylic acids is 1. The number of methoxy groups -OCH3 is 1. The largest absolute Gasteiger partial charge is 0.491 e. The summed E-state index contributed by atoms with van der Waals surface area (Å²) in [4.78, 5) is 11.7. The number of ether oxygens (including phenoxy) is 2. The molecule has 0 aromatic heterocycles. The number of nitrogens with one attached hydrogen (secondary N) is 1. The number of hydrogen-bond donors (Lipinski definition) is 2. The van der Waals surface area contributed by atoms with Crippen LogP contribution in [-0.4, -0.2) is 39.8 Å². The molecule has 0 atom stereocenters. The van der Waals surface area contributed by atoms with Crippen molar-refractivity contribution in [2.75, 3.05) is 25.0 Å². The van der Waals surface area contributed by atoms with E-state index >= 15 is 0 Å². The lowest BCUT2D eigenvalue weighted by Gasteiger charge is -2.14. The van der Waals surface area contributed by atoms with Crippen LogP contribution in [0.15, 0.2) is 59.5 Å². The van der Waals surface area contributed by atoms with Crippen LogP contribution in [0.5, 0.6) is 5.75 Å². The van der Waals surface area contributed by atoms with E-state index in [1.807, 2.05) is 0 Å². The zero-order chi connectivity index (χ0) is 21.0. The van der Waals surface area contributed by atoms with Gasteiger partial charge in [-0.05, 0) is 53.6 Å². The average Bonchev–Trinajstić information content (AvgIpc) is 2.68. The maximum absolute atomic E-state index is 12.9. The first-order valence-corrected chi connectivity index (χ1v) is 10.3. The number of carboxylic acid groups (broad SMARTS) is 1. The smallest absolute Gasteiger partial charge is 0.337 e. The highest BCUT2D eigenvalue weighted by atomic mass is 32.2. The van der Waals surface area contributed by atoms with Gasteiger partial charge in [-0.1, -0.05) is 24.3 Å². The summed E-state index contributed by atoms with van der Waals surface area (Å²) >= 11 is 0. The molecule has 29 heavy (non-hydrogen) atoms. The lowest BCUT2D eigenvalue weighted by atomic mass is 10.1. The van der Waals surface area contributed by atoms with E-state index in [1.165, 1.54) is 24.3 Å². The predicted molar refractivity (Wildman–Crippen MR) is 110 cm³/mol. The van der Waals surface area contributed by atoms with Crippen LogP contribution in [0, 0.1) is 6.92 Å². The van der Waals surface area contributed by atoms with Crippen LogP contribution in [0.1, 0.15) is 15.9 Å². The van der Waals surface area contributed by atoms with E-state index in [4.69, 9.17) is 9.47 Å². The molecule has 0 radical (unpaired) electrons. The average molecular weight is 415 g/mol. The van der Waals surface area contributed by atoms with E-state index in [0.29, 0.717) is 29.9 Å². The van der Waals surface area contributed by atoms with E-state index in [2.05, 4.69) is 4.72 Å².